The van der Waals surface area contributed by atoms with Crippen molar-refractivity contribution in [2.24, 2.45) is 0 Å². The molecule has 1 rings (SSSR count). The molecule has 0 amide bonds. The minimum absolute atomic E-state index is 0.0944. The lowest BCUT2D eigenvalue weighted by Crippen LogP contribution is -2.43. The minimum atomic E-state index is -3.56. The number of hydrogen-bond donors (Lipinski definition) is 2. The van der Waals surface area contributed by atoms with Crippen molar-refractivity contribution < 1.29 is 8.42 Å². The van der Waals surface area contributed by atoms with Gasteiger partial charge in [0.05, 0.1) is 6.20 Å². The molecule has 1 aromatic rings. The molecule has 5 nitrogen and oxygen atoms in total. The number of rotatable bonds is 6. The van der Waals surface area contributed by atoms with Crippen LogP contribution < -0.4 is 4.72 Å². The minimum Gasteiger partial charge on any atom is -0.332 e. The quantitative estimate of drug-likeness (QED) is 0.778. The zero-order valence-corrected chi connectivity index (χ0v) is 11.8. The van der Waals surface area contributed by atoms with Crippen LogP contribution in [0.25, 0.3) is 0 Å². The van der Waals surface area contributed by atoms with Crippen LogP contribution >= 0.6 is 11.6 Å². The van der Waals surface area contributed by atoms with Crippen LogP contribution in [0.2, 0.25) is 0 Å². The first-order valence-corrected chi connectivity index (χ1v) is 7.46. The van der Waals surface area contributed by atoms with Gasteiger partial charge in [-0.2, -0.15) is 0 Å². The number of aromatic nitrogens is 2. The molecule has 0 aromatic carbocycles. The fourth-order valence-electron chi connectivity index (χ4n) is 1.37. The van der Waals surface area contributed by atoms with Gasteiger partial charge in [0.25, 0.3) is 10.0 Å². The van der Waals surface area contributed by atoms with Crippen LogP contribution in [0.15, 0.2) is 11.2 Å². The molecule has 0 atom stereocenters. The van der Waals surface area contributed by atoms with Gasteiger partial charge in [0.2, 0.25) is 0 Å². The standard InChI is InChI=1S/C10H18ClN3O2S/c1-4-8-12-7-9(13-8)17(15,16)14-10(2,3)5-6-11/h7,14H,4-6H2,1-3H3,(H,12,13). The van der Waals surface area contributed by atoms with E-state index in [4.69, 9.17) is 11.6 Å². The predicted octanol–water partition coefficient (Wildman–Crippen LogP) is 1.66. The van der Waals surface area contributed by atoms with Gasteiger partial charge in [0.1, 0.15) is 5.82 Å². The first-order chi connectivity index (χ1) is 7.80. The fourth-order valence-corrected chi connectivity index (χ4v) is 3.22. The Morgan fingerprint density at radius 1 is 1.53 bits per heavy atom. The lowest BCUT2D eigenvalue weighted by molar-refractivity contribution is 0.440. The van der Waals surface area contributed by atoms with Gasteiger partial charge >= 0.3 is 0 Å². The summed E-state index contributed by atoms with van der Waals surface area (Å²) >= 11 is 5.63. The normalized spacial score (nSPS) is 12.9. The van der Waals surface area contributed by atoms with E-state index in [1.807, 2.05) is 6.92 Å². The third kappa shape index (κ3) is 3.97. The zero-order valence-electron chi connectivity index (χ0n) is 10.2. The molecule has 0 unspecified atom stereocenters. The van der Waals surface area contributed by atoms with E-state index in [9.17, 15) is 8.42 Å². The van der Waals surface area contributed by atoms with E-state index in [0.29, 0.717) is 24.5 Å². The van der Waals surface area contributed by atoms with Crippen molar-refractivity contribution in [2.45, 2.75) is 44.2 Å². The molecule has 0 bridgehead atoms. The number of H-pyrrole nitrogens is 1. The van der Waals surface area contributed by atoms with Gasteiger partial charge in [0, 0.05) is 17.8 Å². The van der Waals surface area contributed by atoms with Crippen LogP contribution in [0.3, 0.4) is 0 Å². The van der Waals surface area contributed by atoms with Gasteiger partial charge in [-0.25, -0.2) is 18.1 Å². The molecule has 0 spiro atoms. The predicted molar refractivity (Wildman–Crippen MR) is 67.7 cm³/mol. The van der Waals surface area contributed by atoms with Crippen LogP contribution in [0.1, 0.15) is 33.0 Å². The third-order valence-corrected chi connectivity index (χ3v) is 4.16. The second-order valence-electron chi connectivity index (χ2n) is 4.48. The maximum absolute atomic E-state index is 12.0. The molecule has 2 N–H and O–H groups in total. The molecule has 0 aliphatic rings. The maximum Gasteiger partial charge on any atom is 0.258 e. The molecule has 0 aliphatic carbocycles. The highest BCUT2D eigenvalue weighted by atomic mass is 35.5. The Balaban J connectivity index is 2.88. The molecule has 0 saturated carbocycles. The lowest BCUT2D eigenvalue weighted by atomic mass is 10.0. The average Bonchev–Trinajstić information content (AvgIpc) is 2.64. The Bertz CT molecular complexity index is 468. The molecule has 0 aliphatic heterocycles. The molecule has 98 valence electrons. The van der Waals surface area contributed by atoms with E-state index < -0.39 is 15.6 Å². The van der Waals surface area contributed by atoms with Crippen LogP contribution in [-0.4, -0.2) is 29.8 Å². The number of sulfonamides is 1. The summed E-state index contributed by atoms with van der Waals surface area (Å²) < 4.78 is 26.7. The van der Waals surface area contributed by atoms with Crippen molar-refractivity contribution in [3.63, 3.8) is 0 Å². The first kappa shape index (κ1) is 14.5. The molecule has 1 heterocycles. The SMILES string of the molecule is CCc1ncc(S(=O)(=O)NC(C)(C)CCCl)[nH]1. The summed E-state index contributed by atoms with van der Waals surface area (Å²) in [6, 6.07) is 0. The Morgan fingerprint density at radius 2 is 2.18 bits per heavy atom. The first-order valence-electron chi connectivity index (χ1n) is 5.44. The van der Waals surface area contributed by atoms with E-state index in [2.05, 4.69) is 14.7 Å². The Hall–Kier alpha value is -0.590. The van der Waals surface area contributed by atoms with Gasteiger partial charge < -0.3 is 4.98 Å². The maximum atomic E-state index is 12.0. The number of alkyl halides is 1. The number of imidazole rings is 1. The molecular weight excluding hydrogens is 262 g/mol. The molecule has 17 heavy (non-hydrogen) atoms. The average molecular weight is 280 g/mol. The molecule has 1 aromatic heterocycles. The van der Waals surface area contributed by atoms with Gasteiger partial charge in [-0.15, -0.1) is 11.6 Å². The van der Waals surface area contributed by atoms with E-state index in [-0.39, 0.29) is 5.03 Å². The highest BCUT2D eigenvalue weighted by Crippen LogP contribution is 2.15. The van der Waals surface area contributed by atoms with Gasteiger partial charge in [-0.05, 0) is 20.3 Å². The topological polar surface area (TPSA) is 74.8 Å². The van der Waals surface area contributed by atoms with Crippen molar-refractivity contribution in [3.05, 3.63) is 12.0 Å². The van der Waals surface area contributed by atoms with Crippen LogP contribution in [0.5, 0.6) is 0 Å². The molecular formula is C10H18ClN3O2S. The Labute approximate surface area is 107 Å². The van der Waals surface area contributed by atoms with E-state index >= 15 is 0 Å². The second kappa shape index (κ2) is 5.37. The molecule has 0 fully saturated rings. The van der Waals surface area contributed by atoms with E-state index in [0.717, 1.165) is 0 Å². The van der Waals surface area contributed by atoms with Crippen LogP contribution in [0, 0.1) is 0 Å². The second-order valence-corrected chi connectivity index (χ2v) is 6.50. The zero-order chi connectivity index (χ0) is 13.1. The summed E-state index contributed by atoms with van der Waals surface area (Å²) in [5, 5.41) is 0.0944. The summed E-state index contributed by atoms with van der Waals surface area (Å²) in [5.74, 6) is 1.05. The van der Waals surface area contributed by atoms with E-state index in [1.165, 1.54) is 6.20 Å². The van der Waals surface area contributed by atoms with Crippen molar-refractivity contribution in [3.8, 4) is 0 Å². The Kier molecular flexibility index (Phi) is 4.57. The summed E-state index contributed by atoms with van der Waals surface area (Å²) in [7, 11) is -3.56. The van der Waals surface area contributed by atoms with Crippen molar-refractivity contribution in [1.82, 2.24) is 14.7 Å². The smallest absolute Gasteiger partial charge is 0.258 e. The van der Waals surface area contributed by atoms with Crippen molar-refractivity contribution in [1.29, 1.82) is 0 Å². The highest BCUT2D eigenvalue weighted by molar-refractivity contribution is 7.89. The summed E-state index contributed by atoms with van der Waals surface area (Å²) in [4.78, 5) is 6.75. The molecule has 0 radical (unpaired) electrons. The van der Waals surface area contributed by atoms with Crippen molar-refractivity contribution in [2.75, 3.05) is 5.88 Å². The number of halogens is 1. The van der Waals surface area contributed by atoms with Gasteiger partial charge in [-0.3, -0.25) is 0 Å². The number of aryl methyl sites for hydroxylation is 1. The monoisotopic (exact) mass is 279 g/mol. The largest absolute Gasteiger partial charge is 0.332 e. The van der Waals surface area contributed by atoms with Gasteiger partial charge in [-0.1, -0.05) is 6.92 Å². The molecule has 7 heteroatoms. The Morgan fingerprint density at radius 3 is 2.65 bits per heavy atom. The summed E-state index contributed by atoms with van der Waals surface area (Å²) in [6.45, 7) is 5.49. The highest BCUT2D eigenvalue weighted by Gasteiger charge is 2.26. The van der Waals surface area contributed by atoms with Gasteiger partial charge in [0.15, 0.2) is 5.03 Å². The fraction of sp³-hybridized carbons (Fsp3) is 0.700. The number of nitrogens with zero attached hydrogens (tertiary/aromatic N) is 1. The van der Waals surface area contributed by atoms with Crippen LogP contribution in [-0.2, 0) is 16.4 Å². The lowest BCUT2D eigenvalue weighted by Gasteiger charge is -2.24. The van der Waals surface area contributed by atoms with Crippen LogP contribution in [0.4, 0.5) is 0 Å². The number of hydrogen-bond acceptors (Lipinski definition) is 3. The van der Waals surface area contributed by atoms with Crippen molar-refractivity contribution >= 4 is 21.6 Å². The number of aromatic amines is 1. The third-order valence-electron chi connectivity index (χ3n) is 2.36. The summed E-state index contributed by atoms with van der Waals surface area (Å²) in [6.07, 6.45) is 2.56. The number of nitrogens with one attached hydrogen (secondary N) is 2. The molecule has 0 saturated heterocycles. The van der Waals surface area contributed by atoms with E-state index in [1.54, 1.807) is 13.8 Å². The summed E-state index contributed by atoms with van der Waals surface area (Å²) in [5.41, 5.74) is -0.571.